The number of halogens is 1. The Morgan fingerprint density at radius 1 is 1.25 bits per heavy atom. The summed E-state index contributed by atoms with van der Waals surface area (Å²) >= 11 is 1.40. The number of esters is 1. The third-order valence-corrected chi connectivity index (χ3v) is 4.89. The minimum absolute atomic E-state index is 0.287. The van der Waals surface area contributed by atoms with Crippen LogP contribution in [-0.4, -0.2) is 25.0 Å². The summed E-state index contributed by atoms with van der Waals surface area (Å²) in [6.45, 7) is 4.08. The van der Waals surface area contributed by atoms with Crippen LogP contribution in [0, 0.1) is 12.7 Å². The molecule has 1 N–H and O–H groups in total. The quantitative estimate of drug-likeness (QED) is 0.781. The van der Waals surface area contributed by atoms with Crippen molar-refractivity contribution in [2.24, 2.45) is 0 Å². The van der Waals surface area contributed by atoms with Gasteiger partial charge in [0.05, 0.1) is 0 Å². The van der Waals surface area contributed by atoms with Gasteiger partial charge in [-0.05, 0) is 49.1 Å². The molecule has 1 heterocycles. The molecule has 0 aliphatic carbocycles. The zero-order valence-corrected chi connectivity index (χ0v) is 14.5. The van der Waals surface area contributed by atoms with Gasteiger partial charge in [0.1, 0.15) is 10.7 Å². The van der Waals surface area contributed by atoms with Gasteiger partial charge in [-0.15, -0.1) is 11.3 Å². The number of nitrogens with one attached hydrogen (secondary N) is 1. The first-order chi connectivity index (χ1) is 11.5. The van der Waals surface area contributed by atoms with Crippen LogP contribution in [0.15, 0.2) is 30.3 Å². The first kappa shape index (κ1) is 18.1. The number of benzene rings is 1. The van der Waals surface area contributed by atoms with Crippen molar-refractivity contribution in [2.45, 2.75) is 26.7 Å². The van der Waals surface area contributed by atoms with Crippen molar-refractivity contribution in [1.82, 2.24) is 5.32 Å². The first-order valence-corrected chi connectivity index (χ1v) is 8.58. The number of thiophene rings is 1. The number of hydrogen-bond donors (Lipinski definition) is 1. The van der Waals surface area contributed by atoms with E-state index in [1.165, 1.54) is 23.5 Å². The highest BCUT2D eigenvalue weighted by Gasteiger charge is 2.14. The maximum atomic E-state index is 12.8. The average Bonchev–Trinajstić information content (AvgIpc) is 2.95. The predicted molar refractivity (Wildman–Crippen MR) is 91.8 cm³/mol. The lowest BCUT2D eigenvalue weighted by Gasteiger charge is -2.06. The molecule has 1 aromatic heterocycles. The minimum Gasteiger partial charge on any atom is -0.451 e. The van der Waals surface area contributed by atoms with Gasteiger partial charge in [0.2, 0.25) is 0 Å². The number of carbonyl (C=O) groups is 2. The Balaban J connectivity index is 1.72. The summed E-state index contributed by atoms with van der Waals surface area (Å²) in [4.78, 5) is 25.3. The molecule has 0 bridgehead atoms. The molecule has 6 heteroatoms. The van der Waals surface area contributed by atoms with E-state index in [0.29, 0.717) is 17.8 Å². The molecule has 0 aliphatic rings. The number of hydrogen-bond acceptors (Lipinski definition) is 4. The van der Waals surface area contributed by atoms with Crippen LogP contribution < -0.4 is 5.32 Å². The van der Waals surface area contributed by atoms with E-state index in [2.05, 4.69) is 5.32 Å². The monoisotopic (exact) mass is 349 g/mol. The largest absolute Gasteiger partial charge is 0.451 e. The molecular weight excluding hydrogens is 329 g/mol. The van der Waals surface area contributed by atoms with Gasteiger partial charge >= 0.3 is 5.97 Å². The minimum atomic E-state index is -0.475. The van der Waals surface area contributed by atoms with E-state index in [4.69, 9.17) is 4.74 Å². The zero-order chi connectivity index (χ0) is 17.5. The second-order valence-electron chi connectivity index (χ2n) is 5.37. The van der Waals surface area contributed by atoms with Gasteiger partial charge in [0, 0.05) is 11.4 Å². The van der Waals surface area contributed by atoms with Crippen LogP contribution in [0.2, 0.25) is 0 Å². The molecule has 0 fully saturated rings. The Morgan fingerprint density at radius 3 is 2.58 bits per heavy atom. The van der Waals surface area contributed by atoms with Gasteiger partial charge in [0.25, 0.3) is 5.91 Å². The SMILES string of the molecule is CCc1sc(C(=O)OCC(=O)NCCc2ccc(F)cc2)cc1C. The second-order valence-corrected chi connectivity index (χ2v) is 6.51. The number of aryl methyl sites for hydroxylation is 2. The van der Waals surface area contributed by atoms with Crippen LogP contribution in [-0.2, 0) is 22.4 Å². The van der Waals surface area contributed by atoms with E-state index in [-0.39, 0.29) is 18.3 Å². The summed E-state index contributed by atoms with van der Waals surface area (Å²) in [6, 6.07) is 7.90. The van der Waals surface area contributed by atoms with Crippen molar-refractivity contribution in [2.75, 3.05) is 13.2 Å². The van der Waals surface area contributed by atoms with Crippen molar-refractivity contribution in [1.29, 1.82) is 0 Å². The highest BCUT2D eigenvalue weighted by molar-refractivity contribution is 7.14. The van der Waals surface area contributed by atoms with Crippen LogP contribution in [0.3, 0.4) is 0 Å². The molecule has 0 spiro atoms. The van der Waals surface area contributed by atoms with E-state index in [1.807, 2.05) is 13.8 Å². The molecule has 1 amide bonds. The van der Waals surface area contributed by atoms with Crippen molar-refractivity contribution in [3.05, 3.63) is 57.0 Å². The van der Waals surface area contributed by atoms with E-state index in [9.17, 15) is 14.0 Å². The van der Waals surface area contributed by atoms with Gasteiger partial charge in [-0.3, -0.25) is 4.79 Å². The van der Waals surface area contributed by atoms with E-state index in [1.54, 1.807) is 18.2 Å². The summed E-state index contributed by atoms with van der Waals surface area (Å²) in [5.41, 5.74) is 1.99. The van der Waals surface area contributed by atoms with Crippen LogP contribution >= 0.6 is 11.3 Å². The average molecular weight is 349 g/mol. The lowest BCUT2D eigenvalue weighted by Crippen LogP contribution is -2.30. The lowest BCUT2D eigenvalue weighted by molar-refractivity contribution is -0.124. The molecule has 0 radical (unpaired) electrons. The normalized spacial score (nSPS) is 10.5. The van der Waals surface area contributed by atoms with Crippen LogP contribution in [0.25, 0.3) is 0 Å². The highest BCUT2D eigenvalue weighted by Crippen LogP contribution is 2.22. The number of amides is 1. The first-order valence-electron chi connectivity index (χ1n) is 7.77. The van der Waals surface area contributed by atoms with Gasteiger partial charge in [-0.25, -0.2) is 9.18 Å². The fourth-order valence-electron chi connectivity index (χ4n) is 2.22. The zero-order valence-electron chi connectivity index (χ0n) is 13.7. The molecule has 0 aliphatic heterocycles. The second kappa shape index (κ2) is 8.59. The Hall–Kier alpha value is -2.21. The maximum Gasteiger partial charge on any atom is 0.348 e. The van der Waals surface area contributed by atoms with E-state index < -0.39 is 5.97 Å². The summed E-state index contributed by atoms with van der Waals surface area (Å²) in [5.74, 6) is -1.12. The van der Waals surface area contributed by atoms with Crippen LogP contribution in [0.1, 0.15) is 32.6 Å². The molecule has 1 aromatic carbocycles. The maximum absolute atomic E-state index is 12.8. The summed E-state index contributed by atoms with van der Waals surface area (Å²) in [6.07, 6.45) is 1.46. The number of rotatable bonds is 7. The molecule has 4 nitrogen and oxygen atoms in total. The summed E-state index contributed by atoms with van der Waals surface area (Å²) in [7, 11) is 0. The Kier molecular flexibility index (Phi) is 6.49. The molecule has 0 atom stereocenters. The number of ether oxygens (including phenoxy) is 1. The Labute approximate surface area is 144 Å². The molecular formula is C18H20FNO3S. The third kappa shape index (κ3) is 5.16. The standard InChI is InChI=1S/C18H20FNO3S/c1-3-15-12(2)10-16(24-15)18(22)23-11-17(21)20-9-8-13-4-6-14(19)7-5-13/h4-7,10H,3,8-9,11H2,1-2H3,(H,20,21). The molecule has 2 rings (SSSR count). The van der Waals surface area contributed by atoms with Gasteiger partial charge < -0.3 is 10.1 Å². The summed E-state index contributed by atoms with van der Waals surface area (Å²) in [5, 5.41) is 2.67. The van der Waals surface area contributed by atoms with E-state index in [0.717, 1.165) is 22.4 Å². The fraction of sp³-hybridized carbons (Fsp3) is 0.333. The predicted octanol–water partition coefficient (Wildman–Crippen LogP) is 3.27. The molecule has 0 saturated heterocycles. The summed E-state index contributed by atoms with van der Waals surface area (Å²) < 4.78 is 17.8. The lowest BCUT2D eigenvalue weighted by atomic mass is 10.1. The van der Waals surface area contributed by atoms with Crippen LogP contribution in [0.4, 0.5) is 4.39 Å². The smallest absolute Gasteiger partial charge is 0.348 e. The van der Waals surface area contributed by atoms with E-state index >= 15 is 0 Å². The highest BCUT2D eigenvalue weighted by atomic mass is 32.1. The van der Waals surface area contributed by atoms with Crippen molar-refractivity contribution >= 4 is 23.2 Å². The molecule has 24 heavy (non-hydrogen) atoms. The van der Waals surface area contributed by atoms with Crippen molar-refractivity contribution < 1.29 is 18.7 Å². The van der Waals surface area contributed by atoms with Gasteiger partial charge in [-0.1, -0.05) is 19.1 Å². The van der Waals surface area contributed by atoms with Gasteiger partial charge in [0.15, 0.2) is 6.61 Å². The van der Waals surface area contributed by atoms with Crippen LogP contribution in [0.5, 0.6) is 0 Å². The number of carbonyl (C=O) groups excluding carboxylic acids is 2. The Morgan fingerprint density at radius 2 is 1.96 bits per heavy atom. The molecule has 0 saturated carbocycles. The topological polar surface area (TPSA) is 55.4 Å². The molecule has 0 unspecified atom stereocenters. The molecule has 2 aromatic rings. The van der Waals surface area contributed by atoms with Gasteiger partial charge in [-0.2, -0.15) is 0 Å². The van der Waals surface area contributed by atoms with Crippen molar-refractivity contribution in [3.8, 4) is 0 Å². The van der Waals surface area contributed by atoms with Crippen molar-refractivity contribution in [3.63, 3.8) is 0 Å². The third-order valence-electron chi connectivity index (χ3n) is 3.53. The Bertz CT molecular complexity index is 710. The fourth-order valence-corrected chi connectivity index (χ4v) is 3.23. The molecule has 128 valence electrons.